The number of ketones is 3. The molecule has 0 unspecified atom stereocenters. The topological polar surface area (TPSA) is 225 Å². The van der Waals surface area contributed by atoms with Crippen LogP contribution in [0.15, 0.2) is 103 Å². The highest BCUT2D eigenvalue weighted by Gasteiger charge is 2.17. The maximum absolute atomic E-state index is 13.0. The van der Waals surface area contributed by atoms with Crippen molar-refractivity contribution in [3.8, 4) is 0 Å². The molecular formula is C42H36Cl3N5O8. The van der Waals surface area contributed by atoms with Crippen molar-refractivity contribution < 1.29 is 38.4 Å². The predicted molar refractivity (Wildman–Crippen MR) is 227 cm³/mol. The van der Waals surface area contributed by atoms with Gasteiger partial charge in [-0.25, -0.2) is 0 Å². The van der Waals surface area contributed by atoms with Crippen LogP contribution in [-0.2, 0) is 0 Å². The molecule has 58 heavy (non-hydrogen) atoms. The molecule has 0 spiro atoms. The quantitative estimate of drug-likeness (QED) is 0.0481. The molecule has 0 heterocycles. The Hall–Kier alpha value is -6.67. The number of amides is 2. The fraction of sp³-hybridized carbons (Fsp3) is 0.0952. The number of nitrogens with two attached hydrogens (primary N) is 2. The summed E-state index contributed by atoms with van der Waals surface area (Å²) >= 11 is 15.6. The predicted octanol–water partition coefficient (Wildman–Crippen LogP) is 8.52. The Labute approximate surface area is 348 Å². The summed E-state index contributed by atoms with van der Waals surface area (Å²) in [5.41, 5.74) is 14.7. The normalized spacial score (nSPS) is 9.98. The van der Waals surface area contributed by atoms with E-state index in [2.05, 4.69) is 16.0 Å². The van der Waals surface area contributed by atoms with Crippen LogP contribution in [0.1, 0.15) is 104 Å². The first kappa shape index (κ1) is 45.7. The molecule has 0 aliphatic rings. The van der Waals surface area contributed by atoms with Gasteiger partial charge in [0.05, 0.1) is 0 Å². The van der Waals surface area contributed by atoms with Gasteiger partial charge in [-0.15, -0.1) is 0 Å². The molecule has 13 nitrogen and oxygen atoms in total. The smallest absolute Gasteiger partial charge is 0.255 e. The van der Waals surface area contributed by atoms with Gasteiger partial charge >= 0.3 is 0 Å². The molecule has 0 saturated carbocycles. The molecule has 0 fully saturated rings. The molecule has 0 aliphatic heterocycles. The number of anilines is 5. The molecule has 5 aromatic carbocycles. The average molecular weight is 845 g/mol. The van der Waals surface area contributed by atoms with Gasteiger partial charge in [0.1, 0.15) is 0 Å². The summed E-state index contributed by atoms with van der Waals surface area (Å²) in [6.07, 6.45) is 0. The molecule has 298 valence electrons. The Balaban J connectivity index is 0.000000318. The van der Waals surface area contributed by atoms with Gasteiger partial charge in [-0.05, 0) is 147 Å². The number of halogens is 3. The van der Waals surface area contributed by atoms with Crippen LogP contribution in [0.3, 0.4) is 0 Å². The molecular weight excluding hydrogens is 809 g/mol. The summed E-state index contributed by atoms with van der Waals surface area (Å²) in [4.78, 5) is 94.3. The van der Waals surface area contributed by atoms with Crippen molar-refractivity contribution in [2.75, 3.05) is 34.5 Å². The van der Waals surface area contributed by atoms with E-state index < -0.39 is 27.5 Å². The highest BCUT2D eigenvalue weighted by atomic mass is 35.5. The Bertz CT molecular complexity index is 2320. The SMILES string of the molecule is CNc1cccc(NC(=O)c2cc(C(C)=O)cc(C(=O)Nc3cc(C(C)=O)cc(C(C)=O)c3)c2)c1.Nc1cccc(N)c1.O=C(Cl)c1cc(C(=O)Cl)cc(C(=O)Cl)c1. The van der Waals surface area contributed by atoms with E-state index >= 15 is 0 Å². The second-order valence-electron chi connectivity index (χ2n) is 12.3. The number of benzene rings is 5. The minimum atomic E-state index is -0.797. The van der Waals surface area contributed by atoms with Gasteiger partial charge in [0.25, 0.3) is 27.5 Å². The molecule has 16 heteroatoms. The maximum atomic E-state index is 13.0. The number of hydrogen-bond donors (Lipinski definition) is 5. The van der Waals surface area contributed by atoms with Gasteiger partial charge in [0.15, 0.2) is 17.3 Å². The van der Waals surface area contributed by atoms with Crippen molar-refractivity contribution in [3.05, 3.63) is 148 Å². The Kier molecular flexibility index (Phi) is 16.6. The zero-order chi connectivity index (χ0) is 43.3. The van der Waals surface area contributed by atoms with E-state index in [9.17, 15) is 38.4 Å². The van der Waals surface area contributed by atoms with Crippen LogP contribution in [0.5, 0.6) is 0 Å². The number of carbonyl (C=O) groups excluding carboxylic acids is 8. The fourth-order valence-electron chi connectivity index (χ4n) is 4.89. The van der Waals surface area contributed by atoms with Crippen molar-refractivity contribution in [1.29, 1.82) is 0 Å². The van der Waals surface area contributed by atoms with E-state index in [1.807, 2.05) is 12.1 Å². The Morgan fingerprint density at radius 2 is 0.741 bits per heavy atom. The van der Waals surface area contributed by atoms with Crippen LogP contribution in [0.4, 0.5) is 28.4 Å². The molecule has 2 amide bonds. The van der Waals surface area contributed by atoms with Crippen molar-refractivity contribution in [2.24, 2.45) is 0 Å². The molecule has 0 aromatic heterocycles. The highest BCUT2D eigenvalue weighted by Crippen LogP contribution is 2.21. The number of nitrogens with one attached hydrogen (secondary N) is 3. The zero-order valence-corrected chi connectivity index (χ0v) is 33.6. The summed E-state index contributed by atoms with van der Waals surface area (Å²) in [7, 11) is 1.76. The molecule has 0 saturated heterocycles. The lowest BCUT2D eigenvalue weighted by molar-refractivity contribution is 0.0995. The second-order valence-corrected chi connectivity index (χ2v) is 13.3. The summed E-state index contributed by atoms with van der Waals surface area (Å²) in [5, 5.41) is 6.00. The van der Waals surface area contributed by atoms with Crippen molar-refractivity contribution in [1.82, 2.24) is 0 Å². The van der Waals surface area contributed by atoms with Gasteiger partial charge in [0.2, 0.25) is 0 Å². The van der Waals surface area contributed by atoms with Crippen LogP contribution in [0.25, 0.3) is 0 Å². The largest absolute Gasteiger partial charge is 0.399 e. The van der Waals surface area contributed by atoms with Crippen molar-refractivity contribution in [2.45, 2.75) is 20.8 Å². The Morgan fingerprint density at radius 1 is 0.414 bits per heavy atom. The second kappa shape index (κ2) is 21.0. The van der Waals surface area contributed by atoms with Crippen LogP contribution >= 0.6 is 34.8 Å². The van der Waals surface area contributed by atoms with Crippen LogP contribution in [-0.4, -0.2) is 51.9 Å². The van der Waals surface area contributed by atoms with Gasteiger partial charge in [-0.2, -0.15) is 0 Å². The highest BCUT2D eigenvalue weighted by molar-refractivity contribution is 6.70. The number of Topliss-reactive ketones (excluding diaryl/α,β-unsaturated/α-hetero) is 3. The van der Waals surface area contributed by atoms with Gasteiger partial charge in [0, 0.05) is 80.0 Å². The van der Waals surface area contributed by atoms with Crippen LogP contribution in [0, 0.1) is 0 Å². The van der Waals surface area contributed by atoms with E-state index in [1.54, 1.807) is 43.4 Å². The summed E-state index contributed by atoms with van der Waals surface area (Å²) < 4.78 is 0. The lowest BCUT2D eigenvalue weighted by Crippen LogP contribution is -2.17. The number of carbonyl (C=O) groups is 8. The first-order valence-corrected chi connectivity index (χ1v) is 18.0. The molecule has 0 radical (unpaired) electrons. The standard InChI is InChI=1S/C27H25N3O5.C9H3Cl3O3.C6H8N2/c1-15(31)18-9-21(26(34)29-24-7-5-6-23(14-24)28-4)11-22(10-18)27(35)30-25-12-19(16(2)32)8-20(13-25)17(3)33;10-7(13)4-1-5(8(11)14)3-6(2-4)9(12)15;7-5-2-1-3-6(8)4-5/h5-14,28H,1-4H3,(H,29,34)(H,30,35);1-3H;1-4H,7-8H2. The molecule has 0 aliphatic carbocycles. The number of nitrogen functional groups attached to an aromatic ring is 2. The zero-order valence-electron chi connectivity index (χ0n) is 31.4. The molecule has 0 atom stereocenters. The first-order valence-electron chi connectivity index (χ1n) is 16.9. The van der Waals surface area contributed by atoms with E-state index in [1.165, 1.54) is 75.4 Å². The number of rotatable bonds is 11. The minimum absolute atomic E-state index is 0.00725. The third-order valence-electron chi connectivity index (χ3n) is 7.80. The summed E-state index contributed by atoms with van der Waals surface area (Å²) in [6.45, 7) is 4.06. The fourth-order valence-corrected chi connectivity index (χ4v) is 5.21. The molecule has 0 bridgehead atoms. The Morgan fingerprint density at radius 3 is 1.10 bits per heavy atom. The minimum Gasteiger partial charge on any atom is -0.399 e. The van der Waals surface area contributed by atoms with E-state index in [0.29, 0.717) is 17.1 Å². The number of hydrogen-bond acceptors (Lipinski definition) is 11. The van der Waals surface area contributed by atoms with E-state index in [-0.39, 0.29) is 67.5 Å². The maximum Gasteiger partial charge on any atom is 0.255 e. The van der Waals surface area contributed by atoms with Crippen LogP contribution < -0.4 is 27.4 Å². The van der Waals surface area contributed by atoms with Gasteiger partial charge < -0.3 is 27.4 Å². The van der Waals surface area contributed by atoms with Gasteiger partial charge in [-0.1, -0.05) is 12.1 Å². The summed E-state index contributed by atoms with van der Waals surface area (Å²) in [5.74, 6) is -1.93. The first-order chi connectivity index (χ1) is 27.3. The third kappa shape index (κ3) is 13.8. The van der Waals surface area contributed by atoms with Crippen molar-refractivity contribution >= 4 is 108 Å². The average Bonchev–Trinajstić information content (AvgIpc) is 3.17. The van der Waals surface area contributed by atoms with E-state index in [4.69, 9.17) is 46.3 Å². The van der Waals surface area contributed by atoms with Crippen molar-refractivity contribution in [3.63, 3.8) is 0 Å². The monoisotopic (exact) mass is 843 g/mol. The summed E-state index contributed by atoms with van der Waals surface area (Å²) in [6, 6.07) is 26.4. The third-order valence-corrected chi connectivity index (χ3v) is 8.46. The van der Waals surface area contributed by atoms with Gasteiger partial charge in [-0.3, -0.25) is 38.4 Å². The molecule has 5 aromatic rings. The van der Waals surface area contributed by atoms with Crippen LogP contribution in [0.2, 0.25) is 0 Å². The molecule has 7 N–H and O–H groups in total. The molecule has 5 rings (SSSR count). The lowest BCUT2D eigenvalue weighted by Gasteiger charge is -2.12. The van der Waals surface area contributed by atoms with E-state index in [0.717, 1.165) is 5.69 Å². The lowest BCUT2D eigenvalue weighted by atomic mass is 10.0.